The Kier molecular flexibility index (Phi) is 4.93. The molecule has 0 spiro atoms. The Morgan fingerprint density at radius 3 is 3.08 bits per heavy atom. The summed E-state index contributed by atoms with van der Waals surface area (Å²) in [5, 5.41) is 4.49. The number of nitrogens with zero attached hydrogens (tertiary/aromatic N) is 2. The first-order valence-corrected chi connectivity index (χ1v) is 9.36. The Morgan fingerprint density at radius 2 is 2.28 bits per heavy atom. The summed E-state index contributed by atoms with van der Waals surface area (Å²) in [6.45, 7) is 3.57. The highest BCUT2D eigenvalue weighted by molar-refractivity contribution is 6.30. The minimum absolute atomic E-state index is 0.439. The number of rotatable bonds is 4. The van der Waals surface area contributed by atoms with Gasteiger partial charge in [0, 0.05) is 43.1 Å². The molecular weight excluding hydrogens is 334 g/mol. The van der Waals surface area contributed by atoms with Crippen LogP contribution in [-0.2, 0) is 24.3 Å². The second-order valence-electron chi connectivity index (χ2n) is 6.89. The van der Waals surface area contributed by atoms with Gasteiger partial charge in [-0.1, -0.05) is 11.6 Å². The van der Waals surface area contributed by atoms with Gasteiger partial charge in [0.05, 0.1) is 12.3 Å². The highest BCUT2D eigenvalue weighted by Crippen LogP contribution is 2.35. The minimum atomic E-state index is 0.439. The second kappa shape index (κ2) is 7.32. The van der Waals surface area contributed by atoms with Gasteiger partial charge < -0.3 is 15.0 Å². The van der Waals surface area contributed by atoms with Crippen molar-refractivity contribution >= 4 is 17.3 Å². The predicted molar refractivity (Wildman–Crippen MR) is 101 cm³/mol. The van der Waals surface area contributed by atoms with Gasteiger partial charge >= 0.3 is 0 Å². The molecule has 4 nitrogen and oxygen atoms in total. The van der Waals surface area contributed by atoms with E-state index in [0.29, 0.717) is 12.6 Å². The fourth-order valence-corrected chi connectivity index (χ4v) is 4.28. The number of benzene rings is 1. The van der Waals surface area contributed by atoms with Gasteiger partial charge in [-0.05, 0) is 66.8 Å². The molecule has 5 heteroatoms. The van der Waals surface area contributed by atoms with Crippen molar-refractivity contribution in [1.29, 1.82) is 0 Å². The first-order valence-electron chi connectivity index (χ1n) is 8.98. The summed E-state index contributed by atoms with van der Waals surface area (Å²) in [7, 11) is 1.70. The van der Waals surface area contributed by atoms with Crippen LogP contribution in [0.25, 0.3) is 0 Å². The van der Waals surface area contributed by atoms with E-state index in [0.717, 1.165) is 36.8 Å². The molecule has 132 valence electrons. The number of pyridine rings is 1. The number of halogens is 1. The maximum Gasteiger partial charge on any atom is 0.0884 e. The van der Waals surface area contributed by atoms with Crippen LogP contribution in [0.4, 0.5) is 5.69 Å². The molecule has 0 amide bonds. The van der Waals surface area contributed by atoms with Gasteiger partial charge in [-0.3, -0.25) is 4.98 Å². The summed E-state index contributed by atoms with van der Waals surface area (Å²) < 4.78 is 5.22. The standard InChI is InChI=1S/C20H24ClN3O/c1-25-13-16-11-17(4-7-22-16)24-8-5-14-9-15(21)10-18(19(14)12-24)20-3-2-6-23-20/h4,7,9-11,20,23H,2-3,5-6,8,12-13H2,1H3/t20-/m0/s1. The van der Waals surface area contributed by atoms with E-state index in [9.17, 15) is 0 Å². The van der Waals surface area contributed by atoms with Crippen LogP contribution in [0.1, 0.15) is 41.3 Å². The maximum absolute atomic E-state index is 6.41. The lowest BCUT2D eigenvalue weighted by Gasteiger charge is -2.33. The van der Waals surface area contributed by atoms with E-state index in [-0.39, 0.29) is 0 Å². The fourth-order valence-electron chi connectivity index (χ4n) is 4.03. The molecule has 1 atom stereocenters. The molecule has 2 aliphatic heterocycles. The van der Waals surface area contributed by atoms with Crippen molar-refractivity contribution in [3.63, 3.8) is 0 Å². The smallest absolute Gasteiger partial charge is 0.0884 e. The number of hydrogen-bond donors (Lipinski definition) is 1. The van der Waals surface area contributed by atoms with Crippen molar-refractivity contribution in [3.8, 4) is 0 Å². The molecule has 3 heterocycles. The zero-order valence-electron chi connectivity index (χ0n) is 14.6. The van der Waals surface area contributed by atoms with Crippen molar-refractivity contribution in [2.24, 2.45) is 0 Å². The SMILES string of the molecule is COCc1cc(N2CCc3cc(Cl)cc([C@@H]4CCCN4)c3C2)ccn1. The quantitative estimate of drug-likeness (QED) is 0.901. The summed E-state index contributed by atoms with van der Waals surface area (Å²) in [5.74, 6) is 0. The van der Waals surface area contributed by atoms with E-state index >= 15 is 0 Å². The van der Waals surface area contributed by atoms with Crippen LogP contribution >= 0.6 is 11.6 Å². The summed E-state index contributed by atoms with van der Waals surface area (Å²) in [6.07, 6.45) is 5.33. The average Bonchev–Trinajstić information content (AvgIpc) is 3.16. The Balaban J connectivity index is 1.65. The monoisotopic (exact) mass is 357 g/mol. The lowest BCUT2D eigenvalue weighted by atomic mass is 9.90. The normalized spacial score (nSPS) is 19.9. The molecule has 2 aliphatic rings. The Hall–Kier alpha value is -1.62. The Bertz CT molecular complexity index is 759. The highest BCUT2D eigenvalue weighted by atomic mass is 35.5. The van der Waals surface area contributed by atoms with E-state index in [1.54, 1.807) is 7.11 Å². The van der Waals surface area contributed by atoms with Gasteiger partial charge in [0.15, 0.2) is 0 Å². The minimum Gasteiger partial charge on any atom is -0.378 e. The molecule has 1 aromatic carbocycles. The first kappa shape index (κ1) is 16.8. The van der Waals surface area contributed by atoms with Gasteiger partial charge in [-0.15, -0.1) is 0 Å². The van der Waals surface area contributed by atoms with Crippen LogP contribution in [-0.4, -0.2) is 25.2 Å². The third-order valence-corrected chi connectivity index (χ3v) is 5.45. The van der Waals surface area contributed by atoms with E-state index in [2.05, 4.69) is 39.5 Å². The zero-order valence-corrected chi connectivity index (χ0v) is 15.4. The van der Waals surface area contributed by atoms with Crippen LogP contribution in [0.5, 0.6) is 0 Å². The molecule has 1 saturated heterocycles. The third-order valence-electron chi connectivity index (χ3n) is 5.23. The number of nitrogens with one attached hydrogen (secondary N) is 1. The van der Waals surface area contributed by atoms with E-state index < -0.39 is 0 Å². The molecule has 0 radical (unpaired) electrons. The third kappa shape index (κ3) is 3.52. The van der Waals surface area contributed by atoms with Crippen molar-refractivity contribution in [1.82, 2.24) is 10.3 Å². The van der Waals surface area contributed by atoms with Crippen LogP contribution in [0.3, 0.4) is 0 Å². The van der Waals surface area contributed by atoms with Crippen molar-refractivity contribution < 1.29 is 4.74 Å². The summed E-state index contributed by atoms with van der Waals surface area (Å²) in [5.41, 5.74) is 6.42. The van der Waals surface area contributed by atoms with E-state index in [1.807, 2.05) is 6.20 Å². The number of hydrogen-bond acceptors (Lipinski definition) is 4. The zero-order chi connectivity index (χ0) is 17.2. The first-order chi connectivity index (χ1) is 12.2. The Labute approximate surface area is 154 Å². The predicted octanol–water partition coefficient (Wildman–Crippen LogP) is 3.87. The number of anilines is 1. The molecule has 1 fully saturated rings. The number of aromatic nitrogens is 1. The maximum atomic E-state index is 6.41. The van der Waals surface area contributed by atoms with Gasteiger partial charge in [0.25, 0.3) is 0 Å². The van der Waals surface area contributed by atoms with Crippen molar-refractivity contribution in [3.05, 3.63) is 57.9 Å². The summed E-state index contributed by atoms with van der Waals surface area (Å²) >= 11 is 6.41. The van der Waals surface area contributed by atoms with Crippen LogP contribution in [0.2, 0.25) is 5.02 Å². The van der Waals surface area contributed by atoms with E-state index in [1.165, 1.54) is 35.2 Å². The molecule has 2 aromatic rings. The molecule has 0 bridgehead atoms. The number of methoxy groups -OCH3 is 1. The number of ether oxygens (including phenoxy) is 1. The topological polar surface area (TPSA) is 37.4 Å². The molecule has 0 aliphatic carbocycles. The largest absolute Gasteiger partial charge is 0.378 e. The van der Waals surface area contributed by atoms with Crippen LogP contribution in [0, 0.1) is 0 Å². The average molecular weight is 358 g/mol. The second-order valence-corrected chi connectivity index (χ2v) is 7.33. The molecule has 4 rings (SSSR count). The van der Waals surface area contributed by atoms with Crippen LogP contribution < -0.4 is 10.2 Å². The Morgan fingerprint density at radius 1 is 1.36 bits per heavy atom. The highest BCUT2D eigenvalue weighted by Gasteiger charge is 2.25. The molecule has 0 saturated carbocycles. The van der Waals surface area contributed by atoms with Gasteiger partial charge in [-0.2, -0.15) is 0 Å². The van der Waals surface area contributed by atoms with Crippen LogP contribution in [0.15, 0.2) is 30.5 Å². The van der Waals surface area contributed by atoms with E-state index in [4.69, 9.17) is 16.3 Å². The molecular formula is C20H24ClN3O. The van der Waals surface area contributed by atoms with Crippen molar-refractivity contribution in [2.75, 3.05) is 25.1 Å². The molecule has 0 unspecified atom stereocenters. The summed E-state index contributed by atoms with van der Waals surface area (Å²) in [6, 6.07) is 8.98. The fraction of sp³-hybridized carbons (Fsp3) is 0.450. The molecule has 25 heavy (non-hydrogen) atoms. The summed E-state index contributed by atoms with van der Waals surface area (Å²) in [4.78, 5) is 6.82. The van der Waals surface area contributed by atoms with Gasteiger partial charge in [0.1, 0.15) is 0 Å². The lowest BCUT2D eigenvalue weighted by Crippen LogP contribution is -2.32. The molecule has 1 N–H and O–H groups in total. The number of fused-ring (bicyclic) bond motifs is 1. The van der Waals surface area contributed by atoms with Gasteiger partial charge in [-0.25, -0.2) is 0 Å². The van der Waals surface area contributed by atoms with Crippen molar-refractivity contribution in [2.45, 2.75) is 38.5 Å². The van der Waals surface area contributed by atoms with Gasteiger partial charge in [0.2, 0.25) is 0 Å². The molecule has 1 aromatic heterocycles. The lowest BCUT2D eigenvalue weighted by molar-refractivity contribution is 0.181.